The molecule has 4 atom stereocenters. The molecule has 0 radical (unpaired) electrons. The number of carbonyl (C=O) groups excluding carboxylic acids is 4. The summed E-state index contributed by atoms with van der Waals surface area (Å²) in [7, 11) is 1.29. The van der Waals surface area contributed by atoms with Crippen LogP contribution in [0.3, 0.4) is 0 Å². The lowest BCUT2D eigenvalue weighted by Crippen LogP contribution is -2.51. The second-order valence-corrected chi connectivity index (χ2v) is 16.7. The number of nitrogens with one attached hydrogen (secondary N) is 4. The number of hydrogen-bond acceptors (Lipinski definition) is 9. The van der Waals surface area contributed by atoms with Gasteiger partial charge in [0.1, 0.15) is 23.7 Å². The molecule has 0 bridgehead atoms. The van der Waals surface area contributed by atoms with Gasteiger partial charge in [-0.3, -0.25) is 19.4 Å². The van der Waals surface area contributed by atoms with Crippen molar-refractivity contribution < 1.29 is 23.9 Å². The highest BCUT2D eigenvalue weighted by atomic mass is 32.1. The third-order valence-corrected chi connectivity index (χ3v) is 12.4. The Kier molecular flexibility index (Phi) is 9.89. The van der Waals surface area contributed by atoms with E-state index in [9.17, 15) is 19.2 Å². The first kappa shape index (κ1) is 37.4. The van der Waals surface area contributed by atoms with Gasteiger partial charge in [-0.1, -0.05) is 39.8 Å². The van der Waals surface area contributed by atoms with Crippen LogP contribution in [-0.4, -0.2) is 90.8 Å². The Labute approximate surface area is 327 Å². The van der Waals surface area contributed by atoms with E-state index in [0.29, 0.717) is 18.9 Å². The highest BCUT2D eigenvalue weighted by Crippen LogP contribution is 2.40. The molecule has 8 rings (SSSR count). The molecule has 4 amide bonds. The molecule has 6 aromatic rings. The summed E-state index contributed by atoms with van der Waals surface area (Å²) < 4.78 is 5.85. The first-order valence-electron chi connectivity index (χ1n) is 19.3. The number of amides is 4. The first-order chi connectivity index (χ1) is 26.9. The van der Waals surface area contributed by atoms with Crippen molar-refractivity contribution in [3.05, 3.63) is 54.2 Å². The summed E-state index contributed by atoms with van der Waals surface area (Å²) in [6.45, 7) is 10.3. The minimum Gasteiger partial charge on any atom is -0.453 e. The highest BCUT2D eigenvalue weighted by Gasteiger charge is 2.39. The van der Waals surface area contributed by atoms with Crippen molar-refractivity contribution in [1.29, 1.82) is 0 Å². The fraction of sp³-hybridized carbons (Fsp3) is 0.439. The van der Waals surface area contributed by atoms with E-state index in [1.807, 2.05) is 55.8 Å². The monoisotopic (exact) mass is 777 g/mol. The number of H-pyrrole nitrogens is 2. The maximum Gasteiger partial charge on any atom is 0.407 e. The first-order valence-corrected chi connectivity index (χ1v) is 20.2. The number of hydrogen-bond donors (Lipinski definition) is 4. The Balaban J connectivity index is 1.07. The standard InChI is InChI=1S/C41H47N9O5S/c1-20(2)32(43-22(5)51)39(52)49-15-8-10-30(49)38-45-27-14-12-24-18-31(56-36(24)35(27)47-38)28-17-23-11-13-26-34(25(23)19-42-28)46-37(44-26)29-9-7-16-50(29)40(53)33(21(3)4)48-41(54)55-6/h11-14,17-21,29-30,32-33H,7-10,15-16H2,1-6H3,(H,43,51)(H,44,46)(H,45,47)(H,48,54)/t29-,30-,32-,33-/m0/s1. The molecule has 0 spiro atoms. The SMILES string of the molecule is COC(=O)N[C@H](C(=O)N1CCC[C@H]1c1nc2ccc3cc(-c4cc5ccc6nc([C@@H]7CCCN7C(=O)[C@@H](NC(C)=O)C(C)C)[nH]c6c5s4)ncc3c2[nH]1)C(C)C. The summed E-state index contributed by atoms with van der Waals surface area (Å²) in [5.41, 5.74) is 4.28. The van der Waals surface area contributed by atoms with E-state index in [1.165, 1.54) is 14.0 Å². The predicted octanol–water partition coefficient (Wildman–Crippen LogP) is 6.74. The molecule has 4 aromatic heterocycles. The van der Waals surface area contributed by atoms with Crippen LogP contribution in [-0.2, 0) is 19.1 Å². The molecule has 56 heavy (non-hydrogen) atoms. The van der Waals surface area contributed by atoms with Crippen LogP contribution in [0.2, 0.25) is 0 Å². The fourth-order valence-corrected chi connectivity index (χ4v) is 9.43. The smallest absolute Gasteiger partial charge is 0.407 e. The number of carbonyl (C=O) groups is 4. The van der Waals surface area contributed by atoms with Gasteiger partial charge in [-0.05, 0) is 72.6 Å². The van der Waals surface area contributed by atoms with Crippen LogP contribution >= 0.6 is 11.3 Å². The number of benzene rings is 2. The van der Waals surface area contributed by atoms with E-state index in [1.54, 1.807) is 11.3 Å². The number of rotatable bonds is 9. The van der Waals surface area contributed by atoms with Crippen LogP contribution in [0.25, 0.3) is 53.5 Å². The quantitative estimate of drug-likeness (QED) is 0.125. The predicted molar refractivity (Wildman–Crippen MR) is 216 cm³/mol. The van der Waals surface area contributed by atoms with Crippen LogP contribution in [0.1, 0.15) is 84.0 Å². The van der Waals surface area contributed by atoms with Crippen molar-refractivity contribution in [2.45, 2.75) is 84.5 Å². The minimum atomic E-state index is -0.704. The van der Waals surface area contributed by atoms with Crippen LogP contribution in [0.5, 0.6) is 0 Å². The van der Waals surface area contributed by atoms with E-state index in [2.05, 4.69) is 44.9 Å². The molecule has 2 aliphatic heterocycles. The molecule has 0 saturated carbocycles. The number of aromatic amines is 2. The number of aromatic nitrogens is 5. The lowest BCUT2D eigenvalue weighted by Gasteiger charge is -2.30. The van der Waals surface area contributed by atoms with Gasteiger partial charge in [0, 0.05) is 31.6 Å². The molecule has 6 heterocycles. The molecule has 4 N–H and O–H groups in total. The summed E-state index contributed by atoms with van der Waals surface area (Å²) in [5, 5.41) is 8.58. The van der Waals surface area contributed by atoms with Crippen molar-refractivity contribution in [3.8, 4) is 10.6 Å². The number of nitrogens with zero attached hydrogens (tertiary/aromatic N) is 5. The van der Waals surface area contributed by atoms with Gasteiger partial charge in [0.25, 0.3) is 0 Å². The van der Waals surface area contributed by atoms with Gasteiger partial charge in [-0.2, -0.15) is 0 Å². The van der Waals surface area contributed by atoms with Crippen LogP contribution in [0.4, 0.5) is 4.79 Å². The van der Waals surface area contributed by atoms with Gasteiger partial charge in [-0.15, -0.1) is 11.3 Å². The summed E-state index contributed by atoms with van der Waals surface area (Å²) in [5.74, 6) is 0.874. The second-order valence-electron chi connectivity index (χ2n) is 15.6. The molecular formula is C41H47N9O5S. The Bertz CT molecular complexity index is 2500. The molecule has 15 heteroatoms. The van der Waals surface area contributed by atoms with Crippen molar-refractivity contribution in [3.63, 3.8) is 0 Å². The number of alkyl carbamates (subject to hydrolysis) is 1. The molecular weight excluding hydrogens is 731 g/mol. The molecule has 0 unspecified atom stereocenters. The number of imidazole rings is 2. The minimum absolute atomic E-state index is 0.0406. The van der Waals surface area contributed by atoms with Crippen molar-refractivity contribution in [1.82, 2.24) is 45.4 Å². The number of thiophene rings is 1. The normalized spacial score (nSPS) is 18.5. The largest absolute Gasteiger partial charge is 0.453 e. The summed E-state index contributed by atoms with van der Waals surface area (Å²) >= 11 is 1.65. The van der Waals surface area contributed by atoms with Crippen LogP contribution in [0, 0.1) is 11.8 Å². The maximum atomic E-state index is 13.7. The van der Waals surface area contributed by atoms with Crippen molar-refractivity contribution in [2.24, 2.45) is 11.8 Å². The van der Waals surface area contributed by atoms with E-state index in [4.69, 9.17) is 19.7 Å². The summed E-state index contributed by atoms with van der Waals surface area (Å²) in [4.78, 5) is 78.0. The molecule has 292 valence electrons. The Morgan fingerprint density at radius 2 is 1.38 bits per heavy atom. The zero-order valence-electron chi connectivity index (χ0n) is 32.4. The topological polar surface area (TPSA) is 178 Å². The molecule has 2 aromatic carbocycles. The summed E-state index contributed by atoms with van der Waals surface area (Å²) in [6.07, 6.45) is 4.51. The van der Waals surface area contributed by atoms with Gasteiger partial charge in [0.05, 0.1) is 56.5 Å². The number of fused-ring (bicyclic) bond motifs is 6. The van der Waals surface area contributed by atoms with E-state index >= 15 is 0 Å². The Morgan fingerprint density at radius 3 is 1.96 bits per heavy atom. The van der Waals surface area contributed by atoms with Crippen molar-refractivity contribution >= 4 is 78.1 Å². The third-order valence-electron chi connectivity index (χ3n) is 11.2. The maximum absolute atomic E-state index is 13.7. The lowest BCUT2D eigenvalue weighted by atomic mass is 10.0. The van der Waals surface area contributed by atoms with Gasteiger partial charge < -0.3 is 35.1 Å². The van der Waals surface area contributed by atoms with E-state index < -0.39 is 18.2 Å². The zero-order chi connectivity index (χ0) is 39.4. The molecule has 2 fully saturated rings. The zero-order valence-corrected chi connectivity index (χ0v) is 33.3. The fourth-order valence-electron chi connectivity index (χ4n) is 8.31. The van der Waals surface area contributed by atoms with Gasteiger partial charge in [-0.25, -0.2) is 14.8 Å². The number of pyridine rings is 1. The third kappa shape index (κ3) is 6.71. The van der Waals surface area contributed by atoms with Crippen LogP contribution in [0.15, 0.2) is 42.6 Å². The highest BCUT2D eigenvalue weighted by molar-refractivity contribution is 7.23. The number of likely N-dealkylation sites (tertiary alicyclic amines) is 2. The molecule has 2 aliphatic rings. The van der Waals surface area contributed by atoms with Gasteiger partial charge in [0.15, 0.2) is 0 Å². The van der Waals surface area contributed by atoms with E-state index in [-0.39, 0.29) is 41.6 Å². The average molecular weight is 778 g/mol. The average Bonchev–Trinajstić information content (AvgIpc) is 4.02. The number of methoxy groups -OCH3 is 1. The van der Waals surface area contributed by atoms with E-state index in [0.717, 1.165) is 85.0 Å². The Hall–Kier alpha value is -5.57. The molecule has 2 saturated heterocycles. The second kappa shape index (κ2) is 14.8. The summed E-state index contributed by atoms with van der Waals surface area (Å²) in [6, 6.07) is 10.7. The molecule has 14 nitrogen and oxygen atoms in total. The molecule has 0 aliphatic carbocycles. The Morgan fingerprint density at radius 1 is 0.804 bits per heavy atom. The lowest BCUT2D eigenvalue weighted by molar-refractivity contribution is -0.138. The van der Waals surface area contributed by atoms with Gasteiger partial charge >= 0.3 is 6.09 Å². The van der Waals surface area contributed by atoms with Crippen molar-refractivity contribution in [2.75, 3.05) is 20.2 Å². The van der Waals surface area contributed by atoms with Gasteiger partial charge in [0.2, 0.25) is 17.7 Å². The number of ether oxygens (including phenoxy) is 1. The van der Waals surface area contributed by atoms with Crippen LogP contribution < -0.4 is 10.6 Å².